The molecule has 0 aliphatic carbocycles. The second kappa shape index (κ2) is 12.0. The molecule has 1 aliphatic heterocycles. The van der Waals surface area contributed by atoms with Gasteiger partial charge < -0.3 is 20.3 Å². The Hall–Kier alpha value is -4.44. The summed E-state index contributed by atoms with van der Waals surface area (Å²) in [6.07, 6.45) is 0. The van der Waals surface area contributed by atoms with Crippen molar-refractivity contribution in [3.05, 3.63) is 122 Å². The first kappa shape index (κ1) is 28.1. The van der Waals surface area contributed by atoms with Gasteiger partial charge in [-0.3, -0.25) is 13.9 Å². The Labute approximate surface area is 236 Å². The molecule has 3 aromatic carbocycles. The molecule has 1 aliphatic rings. The van der Waals surface area contributed by atoms with Gasteiger partial charge in [-0.05, 0) is 36.8 Å². The van der Waals surface area contributed by atoms with Gasteiger partial charge in [0, 0.05) is 43.5 Å². The summed E-state index contributed by atoms with van der Waals surface area (Å²) in [6.45, 7) is 3.38. The Balaban J connectivity index is 1.55. The molecule has 214 valence electrons. The van der Waals surface area contributed by atoms with Crippen molar-refractivity contribution in [2.45, 2.75) is 26.1 Å². The first-order valence-corrected chi connectivity index (χ1v) is 13.5. The smallest absolute Gasteiger partial charge is 0.331 e. The minimum Gasteiger partial charge on any atom is -0.495 e. The zero-order valence-corrected chi connectivity index (χ0v) is 23.1. The third-order valence-corrected chi connectivity index (χ3v) is 7.66. The molecule has 4 aromatic rings. The van der Waals surface area contributed by atoms with Crippen LogP contribution in [0.25, 0.3) is 0 Å². The summed E-state index contributed by atoms with van der Waals surface area (Å²) in [5, 5.41) is 0. The van der Waals surface area contributed by atoms with E-state index in [2.05, 4.69) is 4.90 Å². The van der Waals surface area contributed by atoms with E-state index in [9.17, 15) is 18.4 Å². The maximum absolute atomic E-state index is 14.7. The molecule has 10 heteroatoms. The highest BCUT2D eigenvalue weighted by molar-refractivity contribution is 5.60. The lowest BCUT2D eigenvalue weighted by molar-refractivity contribution is 0.413. The van der Waals surface area contributed by atoms with Crippen molar-refractivity contribution in [2.24, 2.45) is 5.73 Å². The van der Waals surface area contributed by atoms with Gasteiger partial charge in [0.15, 0.2) is 0 Å². The number of anilines is 2. The maximum atomic E-state index is 14.7. The van der Waals surface area contributed by atoms with Crippen LogP contribution in [-0.4, -0.2) is 42.4 Å². The van der Waals surface area contributed by atoms with Gasteiger partial charge >= 0.3 is 5.69 Å². The Bertz CT molecular complexity index is 1630. The third-order valence-electron chi connectivity index (χ3n) is 7.66. The Morgan fingerprint density at radius 1 is 0.829 bits per heavy atom. The van der Waals surface area contributed by atoms with Crippen molar-refractivity contribution in [2.75, 3.05) is 43.1 Å². The van der Waals surface area contributed by atoms with E-state index in [0.29, 0.717) is 37.6 Å². The maximum Gasteiger partial charge on any atom is 0.331 e. The summed E-state index contributed by atoms with van der Waals surface area (Å²) in [5.74, 6) is -0.765. The van der Waals surface area contributed by atoms with Gasteiger partial charge in [-0.25, -0.2) is 13.6 Å². The van der Waals surface area contributed by atoms with E-state index in [1.807, 2.05) is 59.5 Å². The number of methoxy groups -OCH3 is 1. The minimum absolute atomic E-state index is 0.0874. The van der Waals surface area contributed by atoms with E-state index in [1.54, 1.807) is 14.0 Å². The molecule has 2 heterocycles. The van der Waals surface area contributed by atoms with Crippen molar-refractivity contribution in [3.8, 4) is 5.75 Å². The number of rotatable bonds is 8. The number of para-hydroxylation sites is 2. The van der Waals surface area contributed by atoms with Gasteiger partial charge in [-0.1, -0.05) is 48.5 Å². The molecule has 1 atom stereocenters. The summed E-state index contributed by atoms with van der Waals surface area (Å²) >= 11 is 0. The molecule has 0 unspecified atom stereocenters. The molecule has 0 spiro atoms. The van der Waals surface area contributed by atoms with Gasteiger partial charge in [0.2, 0.25) is 0 Å². The van der Waals surface area contributed by atoms with Crippen molar-refractivity contribution in [3.63, 3.8) is 0 Å². The molecule has 2 N–H and O–H groups in total. The van der Waals surface area contributed by atoms with Crippen molar-refractivity contribution in [1.82, 2.24) is 9.13 Å². The Kier molecular flexibility index (Phi) is 8.21. The van der Waals surface area contributed by atoms with Crippen molar-refractivity contribution >= 4 is 11.4 Å². The quantitative estimate of drug-likeness (QED) is 0.353. The zero-order valence-electron chi connectivity index (χ0n) is 23.1. The predicted molar refractivity (Wildman–Crippen MR) is 156 cm³/mol. The lowest BCUT2D eigenvalue weighted by Crippen LogP contribution is -2.52. The average Bonchev–Trinajstić information content (AvgIpc) is 2.99. The largest absolute Gasteiger partial charge is 0.495 e. The first-order chi connectivity index (χ1) is 19.8. The Morgan fingerprint density at radius 2 is 1.44 bits per heavy atom. The number of nitrogens with two attached hydrogens (primary N) is 1. The summed E-state index contributed by atoms with van der Waals surface area (Å²) in [6, 6.07) is 19.9. The number of benzene rings is 3. The highest BCUT2D eigenvalue weighted by Crippen LogP contribution is 2.29. The molecule has 1 saturated heterocycles. The van der Waals surface area contributed by atoms with Gasteiger partial charge in [-0.2, -0.15) is 0 Å². The third kappa shape index (κ3) is 5.60. The number of nitrogens with zero attached hydrogens (tertiary/aromatic N) is 4. The van der Waals surface area contributed by atoms with Crippen molar-refractivity contribution < 1.29 is 13.5 Å². The second-order valence-corrected chi connectivity index (χ2v) is 10.1. The van der Waals surface area contributed by atoms with Crippen LogP contribution in [0.1, 0.15) is 22.9 Å². The van der Waals surface area contributed by atoms with Crippen LogP contribution >= 0.6 is 0 Å². The number of halogens is 2. The molecule has 41 heavy (non-hydrogen) atoms. The number of aromatic nitrogens is 2. The molecule has 0 saturated carbocycles. The monoisotopic (exact) mass is 561 g/mol. The fraction of sp³-hybridized carbons (Fsp3) is 0.290. The van der Waals surface area contributed by atoms with E-state index < -0.39 is 28.9 Å². The standard InChI is InChI=1S/C31H33F2N5O3/c1-21-29(36-17-15-35(16-18-36)27-13-6-7-14-28(27)41-2)30(39)38(20-26(34)22-9-4-3-5-10-22)31(40)37(21)19-23-24(32)11-8-12-25(23)33/h3-14,26H,15-20,34H2,1-2H3/t26-/m0/s1. The van der Waals surface area contributed by atoms with E-state index in [0.717, 1.165) is 33.7 Å². The van der Waals surface area contributed by atoms with Crippen LogP contribution in [0, 0.1) is 18.6 Å². The normalized spacial score (nSPS) is 14.3. The van der Waals surface area contributed by atoms with Crippen molar-refractivity contribution in [1.29, 1.82) is 0 Å². The lowest BCUT2D eigenvalue weighted by atomic mass is 10.1. The molecule has 1 aromatic heterocycles. The van der Waals surface area contributed by atoms with Gasteiger partial charge in [0.1, 0.15) is 23.1 Å². The topological polar surface area (TPSA) is 85.7 Å². The van der Waals surface area contributed by atoms with Crippen LogP contribution in [0.4, 0.5) is 20.2 Å². The van der Waals surface area contributed by atoms with E-state index in [1.165, 1.54) is 10.6 Å². The van der Waals surface area contributed by atoms with Crippen LogP contribution in [0.5, 0.6) is 5.75 Å². The summed E-state index contributed by atoms with van der Waals surface area (Å²) in [5.41, 5.74) is 7.42. The first-order valence-electron chi connectivity index (χ1n) is 13.5. The molecule has 0 radical (unpaired) electrons. The SMILES string of the molecule is COc1ccccc1N1CCN(c2c(C)n(Cc3c(F)cccc3F)c(=O)n(C[C@H](N)c3ccccc3)c2=O)CC1. The van der Waals surface area contributed by atoms with Crippen LogP contribution in [0.15, 0.2) is 82.4 Å². The average molecular weight is 562 g/mol. The highest BCUT2D eigenvalue weighted by Gasteiger charge is 2.27. The van der Waals surface area contributed by atoms with E-state index in [-0.39, 0.29) is 18.7 Å². The molecule has 1 fully saturated rings. The number of ether oxygens (including phenoxy) is 1. The molecule has 5 rings (SSSR count). The lowest BCUT2D eigenvalue weighted by Gasteiger charge is -2.38. The highest BCUT2D eigenvalue weighted by atomic mass is 19.1. The number of piperazine rings is 1. The van der Waals surface area contributed by atoms with Crippen LogP contribution in [0.2, 0.25) is 0 Å². The van der Waals surface area contributed by atoms with Gasteiger partial charge in [0.05, 0.1) is 25.9 Å². The number of hydrogen-bond acceptors (Lipinski definition) is 6. The molecule has 0 bridgehead atoms. The number of hydrogen-bond donors (Lipinski definition) is 1. The Morgan fingerprint density at radius 3 is 2.10 bits per heavy atom. The van der Waals surface area contributed by atoms with Gasteiger partial charge in [0.25, 0.3) is 5.56 Å². The fourth-order valence-corrected chi connectivity index (χ4v) is 5.40. The predicted octanol–water partition coefficient (Wildman–Crippen LogP) is 3.68. The van der Waals surface area contributed by atoms with Crippen LogP contribution in [0.3, 0.4) is 0 Å². The summed E-state index contributed by atoms with van der Waals surface area (Å²) in [4.78, 5) is 31.8. The van der Waals surface area contributed by atoms with E-state index >= 15 is 0 Å². The van der Waals surface area contributed by atoms with Gasteiger partial charge in [-0.15, -0.1) is 0 Å². The van der Waals surface area contributed by atoms with Crippen LogP contribution in [-0.2, 0) is 13.1 Å². The molecule has 0 amide bonds. The fourth-order valence-electron chi connectivity index (χ4n) is 5.40. The second-order valence-electron chi connectivity index (χ2n) is 10.1. The molecular weight excluding hydrogens is 528 g/mol. The van der Waals surface area contributed by atoms with E-state index in [4.69, 9.17) is 10.5 Å². The summed E-state index contributed by atoms with van der Waals surface area (Å²) in [7, 11) is 1.63. The van der Waals surface area contributed by atoms with Crippen LogP contribution < -0.4 is 31.5 Å². The molecular formula is C31H33F2N5O3. The zero-order chi connectivity index (χ0) is 29.1. The minimum atomic E-state index is -0.762. The summed E-state index contributed by atoms with van der Waals surface area (Å²) < 4.78 is 37.2. The molecule has 8 nitrogen and oxygen atoms in total.